The lowest BCUT2D eigenvalue weighted by molar-refractivity contribution is -0.428. The van der Waals surface area contributed by atoms with Crippen molar-refractivity contribution in [3.05, 3.63) is 42.0 Å². The highest BCUT2D eigenvalue weighted by Crippen LogP contribution is 2.31. The predicted molar refractivity (Wildman–Crippen MR) is 70.4 cm³/mol. The molecule has 0 bridgehead atoms. The topological polar surface area (TPSA) is 77.0 Å². The van der Waals surface area contributed by atoms with Crippen LogP contribution in [0.15, 0.2) is 36.4 Å². The van der Waals surface area contributed by atoms with Crippen molar-refractivity contribution >= 4 is 16.7 Å². The van der Waals surface area contributed by atoms with Crippen LogP contribution in [0, 0.1) is 0 Å². The fourth-order valence-electron chi connectivity index (χ4n) is 2.28. The average molecular weight is 259 g/mol. The van der Waals surface area contributed by atoms with Gasteiger partial charge in [0.05, 0.1) is 7.11 Å². The van der Waals surface area contributed by atoms with E-state index in [9.17, 15) is 9.90 Å². The number of rotatable bonds is 5. The maximum atomic E-state index is 10.5. The molecule has 0 aliphatic rings. The zero-order valence-electron chi connectivity index (χ0n) is 10.9. The molecule has 3 N–H and O–H groups in total. The molecule has 0 saturated carbocycles. The fraction of sp³-hybridized carbons (Fsp3) is 0.267. The summed E-state index contributed by atoms with van der Waals surface area (Å²) in [6, 6.07) is 11.7. The lowest BCUT2D eigenvalue weighted by Gasteiger charge is -2.14. The molecule has 0 aliphatic carbocycles. The minimum absolute atomic E-state index is 0.0223. The molecule has 0 spiro atoms. The second kappa shape index (κ2) is 5.71. The summed E-state index contributed by atoms with van der Waals surface area (Å²) in [4.78, 5) is 10.5. The molecule has 0 radical (unpaired) electrons. The zero-order valence-corrected chi connectivity index (χ0v) is 10.9. The largest absolute Gasteiger partial charge is 0.550 e. The van der Waals surface area contributed by atoms with Crippen molar-refractivity contribution in [2.45, 2.75) is 18.9 Å². The summed E-state index contributed by atoms with van der Waals surface area (Å²) in [5.74, 6) is -0.224. The highest BCUT2D eigenvalue weighted by atomic mass is 16.5. The third kappa shape index (κ3) is 2.85. The number of hydrogen-bond acceptors (Lipinski definition) is 3. The normalized spacial score (nSPS) is 12.3. The van der Waals surface area contributed by atoms with E-state index in [0.717, 1.165) is 22.1 Å². The van der Waals surface area contributed by atoms with Crippen molar-refractivity contribution in [2.24, 2.45) is 0 Å². The molecule has 2 aromatic rings. The first-order valence-corrected chi connectivity index (χ1v) is 6.22. The van der Waals surface area contributed by atoms with Gasteiger partial charge in [0, 0.05) is 23.3 Å². The number of fused-ring (bicyclic) bond motifs is 1. The van der Waals surface area contributed by atoms with E-state index in [1.165, 1.54) is 0 Å². The van der Waals surface area contributed by atoms with Crippen LogP contribution < -0.4 is 15.6 Å². The number of methoxy groups -OCH3 is 1. The van der Waals surface area contributed by atoms with Crippen LogP contribution in [0.1, 0.15) is 24.4 Å². The smallest absolute Gasteiger partial charge is 0.126 e. The third-order valence-corrected chi connectivity index (χ3v) is 3.27. The first-order chi connectivity index (χ1) is 9.13. The van der Waals surface area contributed by atoms with Crippen LogP contribution in [0.25, 0.3) is 10.8 Å². The van der Waals surface area contributed by atoms with Crippen molar-refractivity contribution in [1.82, 2.24) is 0 Å². The van der Waals surface area contributed by atoms with Gasteiger partial charge in [0.2, 0.25) is 0 Å². The number of carbonyl (C=O) groups is 1. The Hall–Kier alpha value is -2.07. The van der Waals surface area contributed by atoms with Gasteiger partial charge in [-0.3, -0.25) is 0 Å². The highest BCUT2D eigenvalue weighted by Gasteiger charge is 2.14. The maximum absolute atomic E-state index is 10.5. The van der Waals surface area contributed by atoms with E-state index in [2.05, 4.69) is 5.73 Å². The van der Waals surface area contributed by atoms with Crippen molar-refractivity contribution < 1.29 is 20.4 Å². The molecule has 4 nitrogen and oxygen atoms in total. The number of aliphatic carboxylic acids is 1. The minimum atomic E-state index is -1.04. The first-order valence-electron chi connectivity index (χ1n) is 6.22. The summed E-state index contributed by atoms with van der Waals surface area (Å²) in [5.41, 5.74) is 5.09. The van der Waals surface area contributed by atoms with Crippen LogP contribution in [0.3, 0.4) is 0 Å². The molecule has 0 heterocycles. The average Bonchev–Trinajstić information content (AvgIpc) is 2.43. The van der Waals surface area contributed by atoms with Gasteiger partial charge in [-0.1, -0.05) is 24.3 Å². The monoisotopic (exact) mass is 259 g/mol. The van der Waals surface area contributed by atoms with E-state index < -0.39 is 5.97 Å². The molecule has 2 aromatic carbocycles. The Balaban J connectivity index is 2.41. The Labute approximate surface area is 111 Å². The summed E-state index contributed by atoms with van der Waals surface area (Å²) in [7, 11) is 1.64. The lowest BCUT2D eigenvalue weighted by Crippen LogP contribution is -2.53. The lowest BCUT2D eigenvalue weighted by atomic mass is 9.96. The molecule has 0 aliphatic heterocycles. The van der Waals surface area contributed by atoms with Gasteiger partial charge in [0.1, 0.15) is 11.8 Å². The van der Waals surface area contributed by atoms with Crippen LogP contribution >= 0.6 is 0 Å². The van der Waals surface area contributed by atoms with Crippen LogP contribution in [-0.4, -0.2) is 13.1 Å². The molecule has 0 aromatic heterocycles. The minimum Gasteiger partial charge on any atom is -0.550 e. The van der Waals surface area contributed by atoms with E-state index in [1.54, 1.807) is 7.11 Å². The number of carbonyl (C=O) groups excluding carboxylic acids is 1. The Morgan fingerprint density at radius 1 is 1.26 bits per heavy atom. The number of ether oxygens (including phenoxy) is 1. The predicted octanol–water partition coefficient (Wildman–Crippen LogP) is 0.662. The molecule has 0 fully saturated rings. The molecular formula is C15H17NO3. The van der Waals surface area contributed by atoms with Crippen LogP contribution in [0.4, 0.5) is 0 Å². The zero-order chi connectivity index (χ0) is 13.8. The first kappa shape index (κ1) is 13.4. The Kier molecular flexibility index (Phi) is 4.02. The van der Waals surface area contributed by atoms with E-state index in [0.29, 0.717) is 6.42 Å². The van der Waals surface area contributed by atoms with Gasteiger partial charge < -0.3 is 20.4 Å². The van der Waals surface area contributed by atoms with Gasteiger partial charge in [-0.2, -0.15) is 0 Å². The molecule has 4 heteroatoms. The van der Waals surface area contributed by atoms with Crippen LogP contribution in [0.2, 0.25) is 0 Å². The summed E-state index contributed by atoms with van der Waals surface area (Å²) in [5, 5.41) is 12.6. The SMILES string of the molecule is COc1ccc([C@H]([NH3+])CCC(=O)[O-])c2ccccc12. The number of hydrogen-bond donors (Lipinski definition) is 1. The summed E-state index contributed by atoms with van der Waals surface area (Å²) in [6.45, 7) is 0. The van der Waals surface area contributed by atoms with Crippen molar-refractivity contribution in [3.8, 4) is 5.75 Å². The quantitative estimate of drug-likeness (QED) is 0.857. The number of carboxylic acid groups (broad SMARTS) is 1. The van der Waals surface area contributed by atoms with E-state index in [-0.39, 0.29) is 12.5 Å². The van der Waals surface area contributed by atoms with E-state index >= 15 is 0 Å². The Morgan fingerprint density at radius 3 is 2.58 bits per heavy atom. The number of carboxylic acids is 1. The number of quaternary nitrogens is 1. The van der Waals surface area contributed by atoms with Gasteiger partial charge in [-0.05, 0) is 23.9 Å². The summed E-state index contributed by atoms with van der Waals surface area (Å²) >= 11 is 0. The van der Waals surface area contributed by atoms with Gasteiger partial charge in [-0.15, -0.1) is 0 Å². The Bertz CT molecular complexity index is 595. The number of benzene rings is 2. The molecular weight excluding hydrogens is 242 g/mol. The molecule has 0 saturated heterocycles. The van der Waals surface area contributed by atoms with Gasteiger partial charge >= 0.3 is 0 Å². The van der Waals surface area contributed by atoms with Crippen LogP contribution in [-0.2, 0) is 4.79 Å². The summed E-state index contributed by atoms with van der Waals surface area (Å²) in [6.07, 6.45) is 0.493. The molecule has 2 rings (SSSR count). The van der Waals surface area contributed by atoms with Crippen LogP contribution in [0.5, 0.6) is 5.75 Å². The molecule has 0 unspecified atom stereocenters. The van der Waals surface area contributed by atoms with Gasteiger partial charge in [0.15, 0.2) is 0 Å². The van der Waals surface area contributed by atoms with Crippen molar-refractivity contribution in [1.29, 1.82) is 0 Å². The standard InChI is InChI=1S/C15H17NO3/c1-19-14-8-6-11(13(16)7-9-15(17)18)10-4-2-3-5-12(10)14/h2-6,8,13H,7,9,16H2,1H3,(H,17,18)/t13-/m1/s1. The molecule has 1 atom stereocenters. The second-order valence-electron chi connectivity index (χ2n) is 4.51. The van der Waals surface area contributed by atoms with E-state index in [1.807, 2.05) is 36.4 Å². The molecule has 0 amide bonds. The molecule has 100 valence electrons. The maximum Gasteiger partial charge on any atom is 0.126 e. The fourth-order valence-corrected chi connectivity index (χ4v) is 2.28. The molecule has 19 heavy (non-hydrogen) atoms. The van der Waals surface area contributed by atoms with Crippen molar-refractivity contribution in [2.75, 3.05) is 7.11 Å². The van der Waals surface area contributed by atoms with Gasteiger partial charge in [-0.25, -0.2) is 0 Å². The Morgan fingerprint density at radius 2 is 1.95 bits per heavy atom. The third-order valence-electron chi connectivity index (χ3n) is 3.27. The van der Waals surface area contributed by atoms with Crippen molar-refractivity contribution in [3.63, 3.8) is 0 Å². The van der Waals surface area contributed by atoms with E-state index in [4.69, 9.17) is 4.74 Å². The highest BCUT2D eigenvalue weighted by molar-refractivity contribution is 5.91. The summed E-state index contributed by atoms with van der Waals surface area (Å²) < 4.78 is 5.34. The van der Waals surface area contributed by atoms with Gasteiger partial charge in [0.25, 0.3) is 0 Å². The second-order valence-corrected chi connectivity index (χ2v) is 4.51.